The highest BCUT2D eigenvalue weighted by Gasteiger charge is 2.15. The van der Waals surface area contributed by atoms with Gasteiger partial charge in [0, 0.05) is 37.0 Å². The Bertz CT molecular complexity index is 1330. The molecule has 0 aliphatic carbocycles. The van der Waals surface area contributed by atoms with Crippen molar-refractivity contribution in [3.63, 3.8) is 0 Å². The Morgan fingerprint density at radius 2 is 2.06 bits per heavy atom. The number of nitrogens with one attached hydrogen (secondary N) is 2. The van der Waals surface area contributed by atoms with E-state index in [0.29, 0.717) is 15.7 Å². The normalized spacial score (nSPS) is 12.3. The van der Waals surface area contributed by atoms with Gasteiger partial charge in [-0.1, -0.05) is 24.3 Å². The van der Waals surface area contributed by atoms with Crippen LogP contribution >= 0.6 is 11.3 Å². The molecule has 7 nitrogen and oxygen atoms in total. The Balaban J connectivity index is 1.88. The lowest BCUT2D eigenvalue weighted by Gasteiger charge is -2.16. The summed E-state index contributed by atoms with van der Waals surface area (Å²) in [6, 6.07) is 11.9. The maximum atomic E-state index is 12.2. The predicted molar refractivity (Wildman–Crippen MR) is 137 cm³/mol. The highest BCUT2D eigenvalue weighted by atomic mass is 32.2. The Hall–Kier alpha value is -3.30. The molecule has 0 saturated heterocycles. The molecule has 4 aromatic rings. The molecule has 4 rings (SSSR count). The van der Waals surface area contributed by atoms with Crippen molar-refractivity contribution >= 4 is 66.4 Å². The van der Waals surface area contributed by atoms with Gasteiger partial charge in [-0.3, -0.25) is 14.2 Å². The molecular formula is C23H24N6OS2. The third kappa shape index (κ3) is 4.49. The van der Waals surface area contributed by atoms with Gasteiger partial charge in [0.05, 0.1) is 49.2 Å². The Kier molecular flexibility index (Phi) is 6.48. The van der Waals surface area contributed by atoms with Crippen molar-refractivity contribution in [3.05, 3.63) is 48.8 Å². The number of fused-ring (bicyclic) bond motifs is 1. The van der Waals surface area contributed by atoms with Crippen LogP contribution in [0, 0.1) is 0 Å². The number of nitrogens with zero attached hydrogens (tertiary/aromatic N) is 3. The molecule has 0 radical (unpaired) electrons. The molecule has 0 aliphatic rings. The third-order valence-corrected chi connectivity index (χ3v) is 6.71. The first-order valence-electron chi connectivity index (χ1n) is 10.1. The number of anilines is 4. The van der Waals surface area contributed by atoms with Crippen molar-refractivity contribution in [1.29, 1.82) is 0 Å². The number of rotatable bonds is 7. The lowest BCUT2D eigenvalue weighted by atomic mass is 10.0. The number of hydrogen-bond acceptors (Lipinski definition) is 8. The molecule has 0 saturated carbocycles. The average Bonchev–Trinajstić information content (AvgIpc) is 3.17. The molecule has 9 heteroatoms. The number of pyridine rings is 1. The molecule has 2 aromatic carbocycles. The predicted octanol–water partition coefficient (Wildman–Crippen LogP) is 5.58. The van der Waals surface area contributed by atoms with E-state index < -0.39 is 10.8 Å². The summed E-state index contributed by atoms with van der Waals surface area (Å²) in [7, 11) is 0.724. The fourth-order valence-electron chi connectivity index (χ4n) is 3.43. The standard InChI is InChI=1S/C23H24N6OS2/c1-4-8-27-22-16(14-5-6-20-17(10-14)29-23(24)31-20)11-15(12-18(22)25-2)28-19-13-26-9-7-21(19)32(3)30/h5-13,25,28H,4H2,1-3H3,(H2,24,29). The molecule has 164 valence electrons. The van der Waals surface area contributed by atoms with E-state index in [4.69, 9.17) is 10.7 Å². The van der Waals surface area contributed by atoms with Crippen LogP contribution in [0.4, 0.5) is 27.9 Å². The number of hydrogen-bond donors (Lipinski definition) is 3. The van der Waals surface area contributed by atoms with Crippen LogP contribution in [0.15, 0.2) is 58.7 Å². The zero-order valence-corrected chi connectivity index (χ0v) is 19.7. The fourth-order valence-corrected chi connectivity index (χ4v) is 4.81. The van der Waals surface area contributed by atoms with Gasteiger partial charge in [-0.25, -0.2) is 4.98 Å². The second-order valence-corrected chi connectivity index (χ2v) is 9.49. The first-order chi connectivity index (χ1) is 15.5. The van der Waals surface area contributed by atoms with E-state index in [2.05, 4.69) is 33.6 Å². The fraction of sp³-hybridized carbons (Fsp3) is 0.174. The van der Waals surface area contributed by atoms with Crippen molar-refractivity contribution in [2.24, 2.45) is 4.99 Å². The minimum atomic E-state index is -1.15. The molecule has 0 bridgehead atoms. The quantitative estimate of drug-likeness (QED) is 0.309. The van der Waals surface area contributed by atoms with Gasteiger partial charge < -0.3 is 16.4 Å². The number of nitrogen functional groups attached to an aromatic ring is 1. The van der Waals surface area contributed by atoms with Crippen molar-refractivity contribution in [2.75, 3.05) is 29.7 Å². The molecule has 1 unspecified atom stereocenters. The van der Waals surface area contributed by atoms with E-state index in [-0.39, 0.29) is 0 Å². The zero-order chi connectivity index (χ0) is 22.7. The van der Waals surface area contributed by atoms with Crippen LogP contribution in [-0.2, 0) is 10.8 Å². The topological polar surface area (TPSA) is 105 Å². The summed E-state index contributed by atoms with van der Waals surface area (Å²) >= 11 is 1.47. The summed E-state index contributed by atoms with van der Waals surface area (Å²) in [5, 5.41) is 7.18. The van der Waals surface area contributed by atoms with Crippen LogP contribution < -0.4 is 16.4 Å². The molecule has 32 heavy (non-hydrogen) atoms. The number of aromatic nitrogens is 2. The van der Waals surface area contributed by atoms with E-state index in [0.717, 1.165) is 44.8 Å². The van der Waals surface area contributed by atoms with Crippen LogP contribution in [-0.4, -0.2) is 33.7 Å². The Morgan fingerprint density at radius 3 is 2.81 bits per heavy atom. The third-order valence-electron chi connectivity index (χ3n) is 4.87. The minimum absolute atomic E-state index is 0.546. The zero-order valence-electron chi connectivity index (χ0n) is 18.0. The number of thiazole rings is 1. The van der Waals surface area contributed by atoms with Gasteiger partial charge in [-0.15, -0.1) is 0 Å². The van der Waals surface area contributed by atoms with E-state index in [9.17, 15) is 4.21 Å². The monoisotopic (exact) mass is 464 g/mol. The van der Waals surface area contributed by atoms with Gasteiger partial charge in [0.25, 0.3) is 0 Å². The molecule has 2 aromatic heterocycles. The smallest absolute Gasteiger partial charge is 0.181 e. The SMILES string of the molecule is CCC=Nc1c(NC)cc(Nc2cnccc2S(C)=O)cc1-c1ccc2sc(N)nc2c1. The van der Waals surface area contributed by atoms with Crippen LogP contribution in [0.2, 0.25) is 0 Å². The first-order valence-corrected chi connectivity index (χ1v) is 12.5. The Labute approximate surface area is 193 Å². The second kappa shape index (κ2) is 9.46. The maximum Gasteiger partial charge on any atom is 0.181 e. The number of nitrogens with two attached hydrogens (primary N) is 1. The van der Waals surface area contributed by atoms with Gasteiger partial charge >= 0.3 is 0 Å². The van der Waals surface area contributed by atoms with Crippen LogP contribution in [0.1, 0.15) is 13.3 Å². The molecule has 0 amide bonds. The highest BCUT2D eigenvalue weighted by molar-refractivity contribution is 7.84. The summed E-state index contributed by atoms with van der Waals surface area (Å²) in [5.74, 6) is 0. The molecule has 0 spiro atoms. The van der Waals surface area contributed by atoms with Gasteiger partial charge in [0.2, 0.25) is 0 Å². The van der Waals surface area contributed by atoms with Crippen molar-refractivity contribution in [2.45, 2.75) is 18.2 Å². The van der Waals surface area contributed by atoms with Crippen LogP contribution in [0.3, 0.4) is 0 Å². The summed E-state index contributed by atoms with van der Waals surface area (Å²) in [6.45, 7) is 2.05. The van der Waals surface area contributed by atoms with E-state index in [1.54, 1.807) is 24.7 Å². The molecule has 0 aliphatic heterocycles. The maximum absolute atomic E-state index is 12.2. The lowest BCUT2D eigenvalue weighted by molar-refractivity contribution is 0.687. The summed E-state index contributed by atoms with van der Waals surface area (Å²) < 4.78 is 13.2. The van der Waals surface area contributed by atoms with E-state index in [1.807, 2.05) is 37.5 Å². The van der Waals surface area contributed by atoms with Gasteiger partial charge in [-0.2, -0.15) is 0 Å². The van der Waals surface area contributed by atoms with Gasteiger partial charge in [0.15, 0.2) is 5.13 Å². The highest BCUT2D eigenvalue weighted by Crippen LogP contribution is 2.41. The molecule has 4 N–H and O–H groups in total. The average molecular weight is 465 g/mol. The molecule has 0 fully saturated rings. The summed E-state index contributed by atoms with van der Waals surface area (Å²) in [6.07, 6.45) is 7.70. The number of aliphatic imine (C=N–C) groups is 1. The van der Waals surface area contributed by atoms with Gasteiger partial charge in [0.1, 0.15) is 0 Å². The lowest BCUT2D eigenvalue weighted by Crippen LogP contribution is -2.00. The summed E-state index contributed by atoms with van der Waals surface area (Å²) in [4.78, 5) is 14.1. The van der Waals surface area contributed by atoms with Crippen molar-refractivity contribution < 1.29 is 4.21 Å². The first kappa shape index (κ1) is 21.9. The largest absolute Gasteiger partial charge is 0.386 e. The van der Waals surface area contributed by atoms with E-state index in [1.165, 1.54) is 11.3 Å². The van der Waals surface area contributed by atoms with E-state index >= 15 is 0 Å². The molecule has 1 atom stereocenters. The number of benzene rings is 2. The molecule has 2 heterocycles. The van der Waals surface area contributed by atoms with Crippen molar-refractivity contribution in [3.8, 4) is 11.1 Å². The van der Waals surface area contributed by atoms with Crippen LogP contribution in [0.25, 0.3) is 21.3 Å². The van der Waals surface area contributed by atoms with Crippen molar-refractivity contribution in [1.82, 2.24) is 9.97 Å². The van der Waals surface area contributed by atoms with Gasteiger partial charge in [-0.05, 0) is 42.3 Å². The second-order valence-electron chi connectivity index (χ2n) is 7.08. The van der Waals surface area contributed by atoms with Crippen LogP contribution in [0.5, 0.6) is 0 Å². The Morgan fingerprint density at radius 1 is 1.22 bits per heavy atom. The minimum Gasteiger partial charge on any atom is -0.386 e. The molecular weight excluding hydrogens is 440 g/mol. The summed E-state index contributed by atoms with van der Waals surface area (Å²) in [5.41, 5.74) is 11.9.